The van der Waals surface area contributed by atoms with E-state index in [-0.39, 0.29) is 12.5 Å². The van der Waals surface area contributed by atoms with Crippen LogP contribution in [0.5, 0.6) is 0 Å². The molecule has 0 radical (unpaired) electrons. The van der Waals surface area contributed by atoms with Gasteiger partial charge in [0.2, 0.25) is 0 Å². The van der Waals surface area contributed by atoms with E-state index >= 15 is 0 Å². The molecule has 2 saturated heterocycles. The van der Waals surface area contributed by atoms with Crippen LogP contribution in [0, 0.1) is 11.3 Å². The van der Waals surface area contributed by atoms with E-state index in [4.69, 9.17) is 4.74 Å². The largest absolute Gasteiger partial charge is 0.481 e. The summed E-state index contributed by atoms with van der Waals surface area (Å²) in [5.74, 6) is -0.723. The predicted octanol–water partition coefficient (Wildman–Crippen LogP) is 0.918. The first-order chi connectivity index (χ1) is 8.74. The van der Waals surface area contributed by atoms with Crippen molar-refractivity contribution < 1.29 is 19.4 Å². The minimum absolute atomic E-state index is 0.101. The van der Waals surface area contributed by atoms with E-state index in [1.54, 1.807) is 0 Å². The molecule has 2 fully saturated rings. The van der Waals surface area contributed by atoms with Gasteiger partial charge in [0.1, 0.15) is 11.0 Å². The van der Waals surface area contributed by atoms with Crippen molar-refractivity contribution in [3.63, 3.8) is 0 Å². The number of carboxylic acids is 1. The number of ether oxygens (including phenoxy) is 1. The van der Waals surface area contributed by atoms with Gasteiger partial charge in [0.15, 0.2) is 0 Å². The van der Waals surface area contributed by atoms with Crippen LogP contribution >= 0.6 is 0 Å². The van der Waals surface area contributed by atoms with Crippen molar-refractivity contribution in [1.29, 1.82) is 0 Å². The van der Waals surface area contributed by atoms with Gasteiger partial charge in [0, 0.05) is 19.6 Å². The highest BCUT2D eigenvalue weighted by atomic mass is 16.6. The zero-order valence-electron chi connectivity index (χ0n) is 11.7. The maximum atomic E-state index is 12.1. The molecule has 0 aromatic carbocycles. The van der Waals surface area contributed by atoms with Crippen molar-refractivity contribution in [1.82, 2.24) is 10.2 Å². The van der Waals surface area contributed by atoms with Crippen LogP contribution in [0.2, 0.25) is 0 Å². The maximum absolute atomic E-state index is 12.1. The van der Waals surface area contributed by atoms with Gasteiger partial charge in [-0.1, -0.05) is 0 Å². The number of carbonyl (C=O) groups excluding carboxylic acids is 1. The molecule has 108 valence electrons. The topological polar surface area (TPSA) is 78.9 Å². The van der Waals surface area contributed by atoms with Crippen LogP contribution in [-0.2, 0) is 9.53 Å². The molecule has 2 aliphatic heterocycles. The molecule has 0 aliphatic carbocycles. The van der Waals surface area contributed by atoms with Crippen molar-refractivity contribution in [3.05, 3.63) is 0 Å². The minimum atomic E-state index is -0.852. The second-order valence-electron chi connectivity index (χ2n) is 6.48. The molecule has 6 nitrogen and oxygen atoms in total. The fraction of sp³-hybridized carbons (Fsp3) is 0.846. The molecule has 2 aliphatic rings. The van der Waals surface area contributed by atoms with Crippen molar-refractivity contribution >= 4 is 12.1 Å². The Balaban J connectivity index is 2.10. The summed E-state index contributed by atoms with van der Waals surface area (Å²) in [6, 6.07) is 0. The van der Waals surface area contributed by atoms with Crippen LogP contribution in [0.3, 0.4) is 0 Å². The molecule has 19 heavy (non-hydrogen) atoms. The summed E-state index contributed by atoms with van der Waals surface area (Å²) in [5, 5.41) is 12.6. The smallest absolute Gasteiger partial charge is 0.410 e. The third kappa shape index (κ3) is 2.68. The molecule has 0 spiro atoms. The third-order valence-electron chi connectivity index (χ3n) is 3.91. The molecule has 0 aromatic rings. The number of hydrogen-bond donors (Lipinski definition) is 2. The molecule has 2 unspecified atom stereocenters. The number of rotatable bonds is 1. The Labute approximate surface area is 113 Å². The molecule has 2 heterocycles. The number of hydrogen-bond acceptors (Lipinski definition) is 4. The van der Waals surface area contributed by atoms with Gasteiger partial charge in [0.25, 0.3) is 0 Å². The van der Waals surface area contributed by atoms with E-state index in [0.29, 0.717) is 26.1 Å². The molecule has 0 bridgehead atoms. The molecular formula is C13H22N2O4. The van der Waals surface area contributed by atoms with E-state index in [2.05, 4.69) is 5.32 Å². The van der Waals surface area contributed by atoms with Gasteiger partial charge < -0.3 is 20.1 Å². The number of amides is 1. The van der Waals surface area contributed by atoms with Crippen LogP contribution in [0.25, 0.3) is 0 Å². The van der Waals surface area contributed by atoms with Gasteiger partial charge in [-0.25, -0.2) is 4.79 Å². The lowest BCUT2D eigenvalue weighted by molar-refractivity contribution is -0.153. The first-order valence-electron chi connectivity index (χ1n) is 6.67. The lowest BCUT2D eigenvalue weighted by Crippen LogP contribution is -2.55. The average Bonchev–Trinajstić information content (AvgIpc) is 2.70. The average molecular weight is 270 g/mol. The summed E-state index contributed by atoms with van der Waals surface area (Å²) < 4.78 is 5.32. The highest BCUT2D eigenvalue weighted by Crippen LogP contribution is 2.39. The predicted molar refractivity (Wildman–Crippen MR) is 68.9 cm³/mol. The Morgan fingerprint density at radius 2 is 2.11 bits per heavy atom. The van der Waals surface area contributed by atoms with Gasteiger partial charge >= 0.3 is 12.1 Å². The van der Waals surface area contributed by atoms with Crippen LogP contribution in [-0.4, -0.2) is 53.8 Å². The molecule has 2 N–H and O–H groups in total. The number of nitrogens with zero attached hydrogens (tertiary/aromatic N) is 1. The molecule has 0 saturated carbocycles. The first-order valence-corrected chi connectivity index (χ1v) is 6.67. The lowest BCUT2D eigenvalue weighted by Gasteiger charge is -2.41. The zero-order valence-corrected chi connectivity index (χ0v) is 11.7. The summed E-state index contributed by atoms with van der Waals surface area (Å²) in [5.41, 5.74) is -1.41. The number of carboxylic acid groups (broad SMARTS) is 1. The highest BCUT2D eigenvalue weighted by Gasteiger charge is 2.53. The van der Waals surface area contributed by atoms with E-state index in [0.717, 1.165) is 0 Å². The van der Waals surface area contributed by atoms with E-state index < -0.39 is 23.1 Å². The molecule has 1 amide bonds. The van der Waals surface area contributed by atoms with E-state index in [1.165, 1.54) is 4.90 Å². The fourth-order valence-corrected chi connectivity index (χ4v) is 2.90. The Morgan fingerprint density at radius 1 is 1.42 bits per heavy atom. The van der Waals surface area contributed by atoms with Gasteiger partial charge in [-0.15, -0.1) is 0 Å². The number of nitrogens with one attached hydrogen (secondary N) is 1. The summed E-state index contributed by atoms with van der Waals surface area (Å²) in [4.78, 5) is 25.2. The summed E-state index contributed by atoms with van der Waals surface area (Å²) >= 11 is 0. The van der Waals surface area contributed by atoms with E-state index in [1.807, 2.05) is 20.8 Å². The lowest BCUT2D eigenvalue weighted by atomic mass is 9.73. The standard InChI is InChI=1S/C13H22N2O4/c1-12(2,3)19-11(18)15-5-4-9-6-14-7-13(9,8-15)10(16)17/h9,14H,4-8H2,1-3H3,(H,16,17). The summed E-state index contributed by atoms with van der Waals surface area (Å²) in [6.07, 6.45) is 0.289. The van der Waals surface area contributed by atoms with Gasteiger partial charge in [-0.2, -0.15) is 0 Å². The van der Waals surface area contributed by atoms with Crippen molar-refractivity contribution in [2.45, 2.75) is 32.8 Å². The first kappa shape index (κ1) is 14.1. The van der Waals surface area contributed by atoms with E-state index in [9.17, 15) is 14.7 Å². The normalized spacial score (nSPS) is 30.9. The second-order valence-corrected chi connectivity index (χ2v) is 6.48. The molecule has 6 heteroatoms. The third-order valence-corrected chi connectivity index (χ3v) is 3.91. The Hall–Kier alpha value is -1.30. The van der Waals surface area contributed by atoms with Crippen LogP contribution in [0.15, 0.2) is 0 Å². The minimum Gasteiger partial charge on any atom is -0.481 e. The Bertz CT molecular complexity index is 391. The number of likely N-dealkylation sites (tertiary alicyclic amines) is 1. The monoisotopic (exact) mass is 270 g/mol. The molecule has 2 atom stereocenters. The maximum Gasteiger partial charge on any atom is 0.410 e. The summed E-state index contributed by atoms with van der Waals surface area (Å²) in [7, 11) is 0. The van der Waals surface area contributed by atoms with Crippen molar-refractivity contribution in [3.8, 4) is 0 Å². The zero-order chi connectivity index (χ0) is 14.3. The number of carbonyl (C=O) groups is 2. The Kier molecular flexibility index (Phi) is 3.47. The quantitative estimate of drug-likeness (QED) is 0.740. The second kappa shape index (κ2) is 4.67. The Morgan fingerprint density at radius 3 is 2.68 bits per heavy atom. The fourth-order valence-electron chi connectivity index (χ4n) is 2.90. The number of aliphatic carboxylic acids is 1. The van der Waals surface area contributed by atoms with Crippen LogP contribution < -0.4 is 5.32 Å². The molecule has 2 rings (SSSR count). The molecule has 0 aromatic heterocycles. The highest BCUT2D eigenvalue weighted by molar-refractivity contribution is 5.78. The van der Waals surface area contributed by atoms with Gasteiger partial charge in [0.05, 0.1) is 0 Å². The number of fused-ring (bicyclic) bond motifs is 1. The van der Waals surface area contributed by atoms with Gasteiger partial charge in [-0.3, -0.25) is 4.79 Å². The van der Waals surface area contributed by atoms with Crippen molar-refractivity contribution in [2.75, 3.05) is 26.2 Å². The van der Waals surface area contributed by atoms with Crippen LogP contribution in [0.4, 0.5) is 4.79 Å². The number of piperidine rings is 1. The van der Waals surface area contributed by atoms with Crippen molar-refractivity contribution in [2.24, 2.45) is 11.3 Å². The SMILES string of the molecule is CC(C)(C)OC(=O)N1CCC2CNCC2(C(=O)O)C1. The van der Waals surface area contributed by atoms with Gasteiger partial charge in [-0.05, 0) is 39.7 Å². The van der Waals surface area contributed by atoms with Crippen LogP contribution in [0.1, 0.15) is 27.2 Å². The molecular weight excluding hydrogens is 248 g/mol. The summed E-state index contributed by atoms with van der Waals surface area (Å²) in [6.45, 7) is 7.36.